The van der Waals surface area contributed by atoms with Gasteiger partial charge in [-0.05, 0) is 42.3 Å². The largest absolute Gasteiger partial charge is 0.326 e. The highest BCUT2D eigenvalue weighted by Gasteiger charge is 2.10. The number of nitrogens with one attached hydrogen (secondary N) is 2. The molecule has 2 N–H and O–H groups in total. The first kappa shape index (κ1) is 17.3. The van der Waals surface area contributed by atoms with Gasteiger partial charge in [0.25, 0.3) is 0 Å². The highest BCUT2D eigenvalue weighted by atomic mass is 35.5. The molecular weight excluding hydrogens is 335 g/mol. The van der Waals surface area contributed by atoms with Crippen LogP contribution in [-0.4, -0.2) is 11.8 Å². The van der Waals surface area contributed by atoms with Crippen molar-refractivity contribution in [2.45, 2.75) is 20.3 Å². The van der Waals surface area contributed by atoms with Gasteiger partial charge < -0.3 is 10.6 Å². The molecule has 0 fully saturated rings. The summed E-state index contributed by atoms with van der Waals surface area (Å²) < 4.78 is 0. The predicted molar refractivity (Wildman–Crippen MR) is 94.3 cm³/mol. The Morgan fingerprint density at radius 2 is 1.65 bits per heavy atom. The van der Waals surface area contributed by atoms with Crippen molar-refractivity contribution in [2.75, 3.05) is 10.6 Å². The first-order valence-corrected chi connectivity index (χ1v) is 7.73. The summed E-state index contributed by atoms with van der Waals surface area (Å²) in [7, 11) is 0. The van der Waals surface area contributed by atoms with Crippen molar-refractivity contribution >= 4 is 46.4 Å². The van der Waals surface area contributed by atoms with Crippen LogP contribution in [0.3, 0.4) is 0 Å². The molecule has 0 aliphatic rings. The molecule has 0 aliphatic carbocycles. The van der Waals surface area contributed by atoms with E-state index in [1.54, 1.807) is 36.4 Å². The summed E-state index contributed by atoms with van der Waals surface area (Å²) in [6.07, 6.45) is 0.181. The summed E-state index contributed by atoms with van der Waals surface area (Å²) in [5, 5.41) is 6.44. The second-order valence-corrected chi connectivity index (χ2v) is 5.95. The average molecular weight is 351 g/mol. The summed E-state index contributed by atoms with van der Waals surface area (Å²) in [6, 6.07) is 10.4. The van der Waals surface area contributed by atoms with Crippen molar-refractivity contribution in [1.82, 2.24) is 0 Å². The molecular formula is C17H16Cl2N2O2. The molecule has 0 unspecified atom stereocenters. The maximum atomic E-state index is 12.2. The molecule has 0 atom stereocenters. The Morgan fingerprint density at radius 3 is 2.26 bits per heavy atom. The van der Waals surface area contributed by atoms with Crippen LogP contribution in [0.25, 0.3) is 0 Å². The summed E-state index contributed by atoms with van der Waals surface area (Å²) >= 11 is 11.8. The van der Waals surface area contributed by atoms with Gasteiger partial charge in [0.05, 0.1) is 16.5 Å². The molecule has 0 heterocycles. The molecule has 6 heteroatoms. The van der Waals surface area contributed by atoms with Gasteiger partial charge in [0.1, 0.15) is 0 Å². The van der Waals surface area contributed by atoms with Crippen LogP contribution in [0.15, 0.2) is 36.4 Å². The average Bonchev–Trinajstić information content (AvgIpc) is 2.47. The Balaban J connectivity index is 2.11. The van der Waals surface area contributed by atoms with Crippen LogP contribution in [0.5, 0.6) is 0 Å². The van der Waals surface area contributed by atoms with E-state index in [4.69, 9.17) is 23.2 Å². The Morgan fingerprint density at radius 1 is 1.00 bits per heavy atom. The van der Waals surface area contributed by atoms with E-state index in [2.05, 4.69) is 10.6 Å². The molecule has 2 rings (SSSR count). The van der Waals surface area contributed by atoms with Gasteiger partial charge in [-0.25, -0.2) is 0 Å². The lowest BCUT2D eigenvalue weighted by atomic mass is 10.1. The Bertz CT molecular complexity index is 760. The number of rotatable bonds is 4. The van der Waals surface area contributed by atoms with Gasteiger partial charge in [-0.2, -0.15) is 0 Å². The van der Waals surface area contributed by atoms with E-state index in [1.807, 2.05) is 6.92 Å². The van der Waals surface area contributed by atoms with Crippen LogP contribution >= 0.6 is 23.2 Å². The zero-order valence-corrected chi connectivity index (χ0v) is 14.3. The molecule has 0 bridgehead atoms. The lowest BCUT2D eigenvalue weighted by Crippen LogP contribution is -2.16. The number of hydrogen-bond donors (Lipinski definition) is 2. The first-order chi connectivity index (χ1) is 10.9. The zero-order valence-electron chi connectivity index (χ0n) is 12.7. The molecule has 0 aliphatic heterocycles. The van der Waals surface area contributed by atoms with Gasteiger partial charge in [-0.3, -0.25) is 9.59 Å². The SMILES string of the molecule is CC(=O)Nc1cccc(NC(=O)Cc2ccc(Cl)c(Cl)c2)c1C. The van der Waals surface area contributed by atoms with Crippen molar-refractivity contribution in [3.05, 3.63) is 57.6 Å². The molecule has 2 aromatic carbocycles. The van der Waals surface area contributed by atoms with Crippen LogP contribution in [0.1, 0.15) is 18.1 Å². The van der Waals surface area contributed by atoms with E-state index in [-0.39, 0.29) is 18.2 Å². The number of carbonyl (C=O) groups excluding carboxylic acids is 2. The van der Waals surface area contributed by atoms with E-state index in [9.17, 15) is 9.59 Å². The number of carbonyl (C=O) groups is 2. The normalized spacial score (nSPS) is 10.3. The second-order valence-electron chi connectivity index (χ2n) is 5.13. The fraction of sp³-hybridized carbons (Fsp3) is 0.176. The van der Waals surface area contributed by atoms with Gasteiger partial charge in [0, 0.05) is 18.3 Å². The molecule has 4 nitrogen and oxygen atoms in total. The lowest BCUT2D eigenvalue weighted by Gasteiger charge is -2.13. The van der Waals surface area contributed by atoms with Crippen molar-refractivity contribution in [1.29, 1.82) is 0 Å². The van der Waals surface area contributed by atoms with Crippen LogP contribution in [-0.2, 0) is 16.0 Å². The number of benzene rings is 2. The summed E-state index contributed by atoms with van der Waals surface area (Å²) in [6.45, 7) is 3.27. The van der Waals surface area contributed by atoms with Crippen LogP contribution < -0.4 is 10.6 Å². The van der Waals surface area contributed by atoms with Gasteiger partial charge in [-0.15, -0.1) is 0 Å². The van der Waals surface area contributed by atoms with E-state index in [0.717, 1.165) is 11.1 Å². The van der Waals surface area contributed by atoms with E-state index >= 15 is 0 Å². The van der Waals surface area contributed by atoms with E-state index in [0.29, 0.717) is 21.4 Å². The molecule has 2 aromatic rings. The maximum Gasteiger partial charge on any atom is 0.228 e. The standard InChI is InChI=1S/C17H16Cl2N2O2/c1-10-15(20-11(2)22)4-3-5-16(10)21-17(23)9-12-6-7-13(18)14(19)8-12/h3-8H,9H2,1-2H3,(H,20,22)(H,21,23). The summed E-state index contributed by atoms with van der Waals surface area (Å²) in [4.78, 5) is 23.4. The second kappa shape index (κ2) is 7.49. The molecule has 0 saturated carbocycles. The maximum absolute atomic E-state index is 12.2. The first-order valence-electron chi connectivity index (χ1n) is 6.98. The molecule has 0 saturated heterocycles. The van der Waals surface area contributed by atoms with Crippen molar-refractivity contribution < 1.29 is 9.59 Å². The third-order valence-electron chi connectivity index (χ3n) is 3.27. The minimum Gasteiger partial charge on any atom is -0.326 e. The van der Waals surface area contributed by atoms with Crippen molar-refractivity contribution in [2.24, 2.45) is 0 Å². The molecule has 2 amide bonds. The Kier molecular flexibility index (Phi) is 5.64. The van der Waals surface area contributed by atoms with Crippen molar-refractivity contribution in [3.8, 4) is 0 Å². The molecule has 23 heavy (non-hydrogen) atoms. The third-order valence-corrected chi connectivity index (χ3v) is 4.01. The van der Waals surface area contributed by atoms with Crippen LogP contribution in [0.4, 0.5) is 11.4 Å². The zero-order chi connectivity index (χ0) is 17.0. The molecule has 0 radical (unpaired) electrons. The fourth-order valence-electron chi connectivity index (χ4n) is 2.13. The smallest absolute Gasteiger partial charge is 0.228 e. The number of amides is 2. The van der Waals surface area contributed by atoms with Gasteiger partial charge in [0.15, 0.2) is 0 Å². The van der Waals surface area contributed by atoms with E-state index in [1.165, 1.54) is 6.92 Å². The van der Waals surface area contributed by atoms with Crippen LogP contribution in [0.2, 0.25) is 10.0 Å². The molecule has 0 aromatic heterocycles. The quantitative estimate of drug-likeness (QED) is 0.856. The van der Waals surface area contributed by atoms with Crippen LogP contribution in [0, 0.1) is 6.92 Å². The lowest BCUT2D eigenvalue weighted by molar-refractivity contribution is -0.115. The van der Waals surface area contributed by atoms with Gasteiger partial charge >= 0.3 is 0 Å². The van der Waals surface area contributed by atoms with Crippen molar-refractivity contribution in [3.63, 3.8) is 0 Å². The number of anilines is 2. The molecule has 0 spiro atoms. The van der Waals surface area contributed by atoms with E-state index < -0.39 is 0 Å². The minimum atomic E-state index is -0.175. The summed E-state index contributed by atoms with van der Waals surface area (Å²) in [5.74, 6) is -0.334. The topological polar surface area (TPSA) is 58.2 Å². The van der Waals surface area contributed by atoms with Gasteiger partial charge in [-0.1, -0.05) is 35.3 Å². The number of hydrogen-bond acceptors (Lipinski definition) is 2. The highest BCUT2D eigenvalue weighted by molar-refractivity contribution is 6.42. The molecule has 120 valence electrons. The monoisotopic (exact) mass is 350 g/mol. The summed E-state index contributed by atoms with van der Waals surface area (Å²) in [5.41, 5.74) is 2.89. The minimum absolute atomic E-state index is 0.160. The predicted octanol–water partition coefficient (Wildman–Crippen LogP) is 4.44. The Hall–Kier alpha value is -2.04. The fourth-order valence-corrected chi connectivity index (χ4v) is 2.45. The highest BCUT2D eigenvalue weighted by Crippen LogP contribution is 2.25. The third kappa shape index (κ3) is 4.71. The Labute approximate surface area is 144 Å². The number of halogens is 2. The van der Waals surface area contributed by atoms with Gasteiger partial charge in [0.2, 0.25) is 11.8 Å².